The highest BCUT2D eigenvalue weighted by Gasteiger charge is 2.12. The molecule has 0 saturated heterocycles. The number of rotatable bonds is 3. The van der Waals surface area contributed by atoms with Crippen LogP contribution in [0.5, 0.6) is 23.0 Å². The molecular formula is C14H11ClN2O5. The number of phenols is 4. The van der Waals surface area contributed by atoms with Crippen LogP contribution in [0, 0.1) is 0 Å². The Bertz CT molecular complexity index is 738. The summed E-state index contributed by atoms with van der Waals surface area (Å²) in [5.41, 5.74) is 2.33. The second-order valence-corrected chi connectivity index (χ2v) is 4.70. The molecule has 114 valence electrons. The SMILES string of the molecule is O=C(NN=Cc1cc(Cl)ccc1O)c1cc(O)c(O)c(O)c1. The number of halogens is 1. The van der Waals surface area contributed by atoms with Crippen LogP contribution >= 0.6 is 11.6 Å². The molecule has 2 rings (SSSR count). The highest BCUT2D eigenvalue weighted by atomic mass is 35.5. The van der Waals surface area contributed by atoms with Gasteiger partial charge in [-0.1, -0.05) is 11.6 Å². The fourth-order valence-corrected chi connectivity index (χ4v) is 1.77. The fraction of sp³-hybridized carbons (Fsp3) is 0. The van der Waals surface area contributed by atoms with E-state index >= 15 is 0 Å². The zero-order valence-corrected chi connectivity index (χ0v) is 11.7. The maximum absolute atomic E-state index is 11.8. The van der Waals surface area contributed by atoms with Gasteiger partial charge < -0.3 is 20.4 Å². The smallest absolute Gasteiger partial charge is 0.271 e. The molecule has 5 N–H and O–H groups in total. The van der Waals surface area contributed by atoms with Crippen molar-refractivity contribution in [1.82, 2.24) is 5.43 Å². The Kier molecular flexibility index (Phi) is 4.38. The zero-order valence-electron chi connectivity index (χ0n) is 11.0. The van der Waals surface area contributed by atoms with Crippen LogP contribution in [0.3, 0.4) is 0 Å². The van der Waals surface area contributed by atoms with Crippen molar-refractivity contribution in [2.24, 2.45) is 5.10 Å². The average Bonchev–Trinajstić information content (AvgIpc) is 2.47. The number of hydrogen-bond acceptors (Lipinski definition) is 6. The molecule has 0 aliphatic rings. The molecule has 1 amide bonds. The lowest BCUT2D eigenvalue weighted by Gasteiger charge is -2.04. The van der Waals surface area contributed by atoms with Crippen LogP contribution in [0.15, 0.2) is 35.4 Å². The van der Waals surface area contributed by atoms with Crippen molar-refractivity contribution in [3.63, 3.8) is 0 Å². The quantitative estimate of drug-likeness (QED) is 0.336. The van der Waals surface area contributed by atoms with E-state index in [4.69, 9.17) is 11.6 Å². The molecule has 0 radical (unpaired) electrons. The Balaban J connectivity index is 2.13. The van der Waals surface area contributed by atoms with Gasteiger partial charge in [0.15, 0.2) is 17.2 Å². The lowest BCUT2D eigenvalue weighted by molar-refractivity contribution is 0.0954. The molecule has 0 spiro atoms. The molecule has 2 aromatic rings. The first-order chi connectivity index (χ1) is 10.4. The van der Waals surface area contributed by atoms with Gasteiger partial charge in [-0.25, -0.2) is 5.43 Å². The standard InChI is InChI=1S/C14H11ClN2O5/c15-9-1-2-10(18)8(3-9)6-16-17-14(22)7-4-11(19)13(21)12(20)5-7/h1-6,18-21H,(H,17,22). The zero-order chi connectivity index (χ0) is 16.3. The number of nitrogens with one attached hydrogen (secondary N) is 1. The molecule has 7 nitrogen and oxygen atoms in total. The number of amides is 1. The van der Waals surface area contributed by atoms with Crippen molar-refractivity contribution in [1.29, 1.82) is 0 Å². The summed E-state index contributed by atoms with van der Waals surface area (Å²) in [6.07, 6.45) is 1.18. The van der Waals surface area contributed by atoms with Gasteiger partial charge in [0.1, 0.15) is 5.75 Å². The third-order valence-corrected chi connectivity index (χ3v) is 2.93. The Morgan fingerprint density at radius 3 is 2.32 bits per heavy atom. The number of carbonyl (C=O) groups excluding carboxylic acids is 1. The van der Waals surface area contributed by atoms with E-state index in [1.54, 1.807) is 0 Å². The van der Waals surface area contributed by atoms with Crippen molar-refractivity contribution in [3.05, 3.63) is 46.5 Å². The largest absolute Gasteiger partial charge is 0.507 e. The average molecular weight is 323 g/mol. The summed E-state index contributed by atoms with van der Waals surface area (Å²) < 4.78 is 0. The third kappa shape index (κ3) is 3.39. The van der Waals surface area contributed by atoms with E-state index in [0.29, 0.717) is 10.6 Å². The maximum atomic E-state index is 11.8. The summed E-state index contributed by atoms with van der Waals surface area (Å²) in [6, 6.07) is 6.26. The number of hydrazone groups is 1. The van der Waals surface area contributed by atoms with Gasteiger partial charge >= 0.3 is 0 Å². The summed E-state index contributed by atoms with van der Waals surface area (Å²) in [4.78, 5) is 11.8. The predicted octanol–water partition coefficient (Wildman–Crippen LogP) is 1.93. The van der Waals surface area contributed by atoms with Crippen LogP contribution in [0.1, 0.15) is 15.9 Å². The summed E-state index contributed by atoms with van der Waals surface area (Å²) >= 11 is 5.76. The Hall–Kier alpha value is -2.93. The van der Waals surface area contributed by atoms with Crippen LogP contribution in [0.2, 0.25) is 5.02 Å². The van der Waals surface area contributed by atoms with Crippen LogP contribution in [-0.2, 0) is 0 Å². The number of aromatic hydroxyl groups is 4. The molecular weight excluding hydrogens is 312 g/mol. The monoisotopic (exact) mass is 322 g/mol. The maximum Gasteiger partial charge on any atom is 0.271 e. The van der Waals surface area contributed by atoms with Gasteiger partial charge in [0, 0.05) is 16.1 Å². The molecule has 0 saturated carbocycles. The molecule has 22 heavy (non-hydrogen) atoms. The number of benzene rings is 2. The molecule has 0 aliphatic carbocycles. The Labute approximate surface area is 129 Å². The second kappa shape index (κ2) is 6.23. The number of nitrogens with zero attached hydrogens (tertiary/aromatic N) is 1. The van der Waals surface area contributed by atoms with Crippen molar-refractivity contribution in [3.8, 4) is 23.0 Å². The summed E-state index contributed by atoms with van der Waals surface area (Å²) in [5.74, 6) is -2.79. The highest BCUT2D eigenvalue weighted by Crippen LogP contribution is 2.35. The molecule has 0 atom stereocenters. The minimum Gasteiger partial charge on any atom is -0.507 e. The molecule has 0 aromatic heterocycles. The Morgan fingerprint density at radius 1 is 1.05 bits per heavy atom. The van der Waals surface area contributed by atoms with Crippen molar-refractivity contribution < 1.29 is 25.2 Å². The number of phenolic OH excluding ortho intramolecular Hbond substituents is 4. The topological polar surface area (TPSA) is 122 Å². The molecule has 2 aromatic carbocycles. The van der Waals surface area contributed by atoms with Gasteiger partial charge in [-0.05, 0) is 30.3 Å². The normalized spacial score (nSPS) is 10.8. The first-order valence-electron chi connectivity index (χ1n) is 5.95. The van der Waals surface area contributed by atoms with Gasteiger partial charge in [-0.15, -0.1) is 0 Å². The molecule has 8 heteroatoms. The fourth-order valence-electron chi connectivity index (χ4n) is 1.59. The second-order valence-electron chi connectivity index (χ2n) is 4.27. The third-order valence-electron chi connectivity index (χ3n) is 2.69. The molecule has 0 unspecified atom stereocenters. The van der Waals surface area contributed by atoms with Crippen LogP contribution in [-0.4, -0.2) is 32.5 Å². The van der Waals surface area contributed by atoms with E-state index < -0.39 is 23.2 Å². The number of carbonyl (C=O) groups is 1. The van der Waals surface area contributed by atoms with Gasteiger partial charge in [0.2, 0.25) is 0 Å². The van der Waals surface area contributed by atoms with E-state index in [9.17, 15) is 25.2 Å². The highest BCUT2D eigenvalue weighted by molar-refractivity contribution is 6.30. The van der Waals surface area contributed by atoms with Crippen LogP contribution in [0.4, 0.5) is 0 Å². The van der Waals surface area contributed by atoms with Crippen molar-refractivity contribution >= 4 is 23.7 Å². The molecule has 0 heterocycles. The van der Waals surface area contributed by atoms with E-state index in [-0.39, 0.29) is 11.3 Å². The predicted molar refractivity (Wildman–Crippen MR) is 79.6 cm³/mol. The minimum absolute atomic E-state index is 0.0673. The van der Waals surface area contributed by atoms with Gasteiger partial charge in [-0.2, -0.15) is 5.10 Å². The molecule has 0 aliphatic heterocycles. The minimum atomic E-state index is -0.733. The lowest BCUT2D eigenvalue weighted by atomic mass is 10.2. The number of hydrogen-bond donors (Lipinski definition) is 5. The summed E-state index contributed by atoms with van der Waals surface area (Å²) in [5, 5.41) is 41.4. The van der Waals surface area contributed by atoms with Crippen molar-refractivity contribution in [2.75, 3.05) is 0 Å². The van der Waals surface area contributed by atoms with E-state index in [1.807, 2.05) is 0 Å². The first-order valence-corrected chi connectivity index (χ1v) is 6.33. The first kappa shape index (κ1) is 15.5. The van der Waals surface area contributed by atoms with E-state index in [0.717, 1.165) is 12.1 Å². The van der Waals surface area contributed by atoms with Gasteiger partial charge in [0.25, 0.3) is 5.91 Å². The van der Waals surface area contributed by atoms with Crippen molar-refractivity contribution in [2.45, 2.75) is 0 Å². The van der Waals surface area contributed by atoms with Gasteiger partial charge in [0.05, 0.1) is 6.21 Å². The van der Waals surface area contributed by atoms with Crippen LogP contribution < -0.4 is 5.43 Å². The summed E-state index contributed by atoms with van der Waals surface area (Å²) in [7, 11) is 0. The van der Waals surface area contributed by atoms with E-state index in [2.05, 4.69) is 10.5 Å². The molecule has 0 fully saturated rings. The molecule has 0 bridgehead atoms. The lowest BCUT2D eigenvalue weighted by Crippen LogP contribution is -2.17. The van der Waals surface area contributed by atoms with E-state index in [1.165, 1.54) is 24.4 Å². The van der Waals surface area contributed by atoms with Crippen LogP contribution in [0.25, 0.3) is 0 Å². The summed E-state index contributed by atoms with van der Waals surface area (Å²) in [6.45, 7) is 0. The van der Waals surface area contributed by atoms with Gasteiger partial charge in [-0.3, -0.25) is 4.79 Å². The Morgan fingerprint density at radius 2 is 1.68 bits per heavy atom.